The van der Waals surface area contributed by atoms with Crippen LogP contribution in [0.4, 0.5) is 0 Å². The summed E-state index contributed by atoms with van der Waals surface area (Å²) < 4.78 is 16.6. The molecule has 0 amide bonds. The minimum Gasteiger partial charge on any atom is -0.486 e. The lowest BCUT2D eigenvalue weighted by atomic mass is 10.2. The van der Waals surface area contributed by atoms with E-state index in [1.54, 1.807) is 7.11 Å². The molecule has 0 aromatic heterocycles. The normalized spacial score (nSPS) is 16.4. The van der Waals surface area contributed by atoms with Gasteiger partial charge in [-0.15, -0.1) is 24.0 Å². The summed E-state index contributed by atoms with van der Waals surface area (Å²) in [4.78, 5) is 4.56. The van der Waals surface area contributed by atoms with Gasteiger partial charge in [0.1, 0.15) is 6.61 Å². The summed E-state index contributed by atoms with van der Waals surface area (Å²) in [6, 6.07) is 7.71. The molecule has 1 heterocycles. The van der Waals surface area contributed by atoms with Crippen LogP contribution in [-0.2, 0) is 4.74 Å². The van der Waals surface area contributed by atoms with E-state index in [1.807, 2.05) is 31.2 Å². The zero-order chi connectivity index (χ0) is 15.6. The number of nitrogens with zero attached hydrogens (tertiary/aromatic N) is 1. The molecule has 0 bridgehead atoms. The van der Waals surface area contributed by atoms with E-state index in [-0.39, 0.29) is 30.1 Å². The number of halogens is 1. The van der Waals surface area contributed by atoms with Crippen LogP contribution in [0.5, 0.6) is 11.5 Å². The molecule has 0 saturated carbocycles. The van der Waals surface area contributed by atoms with E-state index in [9.17, 15) is 0 Å². The minimum atomic E-state index is -0.0654. The third kappa shape index (κ3) is 6.82. The summed E-state index contributed by atoms with van der Waals surface area (Å²) in [5, 5.41) is 6.50. The quantitative estimate of drug-likeness (QED) is 0.297. The summed E-state index contributed by atoms with van der Waals surface area (Å²) >= 11 is 0. The molecule has 0 spiro atoms. The molecule has 1 atom stereocenters. The van der Waals surface area contributed by atoms with Gasteiger partial charge in [-0.25, -0.2) is 4.99 Å². The van der Waals surface area contributed by atoms with E-state index >= 15 is 0 Å². The lowest BCUT2D eigenvalue weighted by Gasteiger charge is -2.25. The maximum Gasteiger partial charge on any atom is 0.191 e. The van der Waals surface area contributed by atoms with Crippen molar-refractivity contribution in [2.24, 2.45) is 4.99 Å². The number of aliphatic imine (C=N–C) groups is 1. The van der Waals surface area contributed by atoms with Crippen molar-refractivity contribution in [3.63, 3.8) is 0 Å². The Morgan fingerprint density at radius 1 is 1.30 bits per heavy atom. The summed E-state index contributed by atoms with van der Waals surface area (Å²) in [6.07, 6.45) is 0.876. The van der Waals surface area contributed by atoms with Crippen LogP contribution in [0.2, 0.25) is 0 Å². The van der Waals surface area contributed by atoms with Gasteiger partial charge < -0.3 is 24.8 Å². The fourth-order valence-corrected chi connectivity index (χ4v) is 2.11. The molecule has 23 heavy (non-hydrogen) atoms. The summed E-state index contributed by atoms with van der Waals surface area (Å²) in [5.41, 5.74) is 0. The average Bonchev–Trinajstić information content (AvgIpc) is 2.56. The molecular weight excluding hydrogens is 409 g/mol. The first kappa shape index (κ1) is 19.8. The predicted octanol–water partition coefficient (Wildman–Crippen LogP) is 2.04. The van der Waals surface area contributed by atoms with Gasteiger partial charge in [0.05, 0.1) is 6.54 Å². The first-order valence-electron chi connectivity index (χ1n) is 7.73. The second-order valence-corrected chi connectivity index (χ2v) is 4.99. The minimum absolute atomic E-state index is 0. The van der Waals surface area contributed by atoms with E-state index in [0.717, 1.165) is 43.6 Å². The Labute approximate surface area is 155 Å². The highest BCUT2D eigenvalue weighted by atomic mass is 127. The van der Waals surface area contributed by atoms with Gasteiger partial charge in [0.25, 0.3) is 0 Å². The molecule has 0 fully saturated rings. The van der Waals surface area contributed by atoms with Gasteiger partial charge >= 0.3 is 0 Å². The summed E-state index contributed by atoms with van der Waals surface area (Å²) in [6.45, 7) is 5.49. The van der Waals surface area contributed by atoms with Gasteiger partial charge in [-0.1, -0.05) is 12.1 Å². The number of hydrogen-bond acceptors (Lipinski definition) is 4. The molecule has 2 N–H and O–H groups in total. The second-order valence-electron chi connectivity index (χ2n) is 4.99. The number of para-hydroxylation sites is 2. The molecule has 7 heteroatoms. The molecule has 0 aliphatic carbocycles. The van der Waals surface area contributed by atoms with Gasteiger partial charge in [-0.3, -0.25) is 0 Å². The van der Waals surface area contributed by atoms with Crippen LogP contribution in [0.15, 0.2) is 29.3 Å². The van der Waals surface area contributed by atoms with Crippen molar-refractivity contribution in [1.82, 2.24) is 10.6 Å². The smallest absolute Gasteiger partial charge is 0.191 e. The van der Waals surface area contributed by atoms with Gasteiger partial charge in [0, 0.05) is 26.8 Å². The maximum absolute atomic E-state index is 5.90. The zero-order valence-corrected chi connectivity index (χ0v) is 16.0. The molecular formula is C16H26IN3O3. The Kier molecular flexibility index (Phi) is 9.77. The van der Waals surface area contributed by atoms with Crippen molar-refractivity contribution in [3.05, 3.63) is 24.3 Å². The fourth-order valence-electron chi connectivity index (χ4n) is 2.11. The van der Waals surface area contributed by atoms with Crippen molar-refractivity contribution in [1.29, 1.82) is 0 Å². The van der Waals surface area contributed by atoms with Crippen LogP contribution >= 0.6 is 24.0 Å². The molecule has 0 radical (unpaired) electrons. The molecule has 1 aliphatic heterocycles. The van der Waals surface area contributed by atoms with Crippen LogP contribution in [0, 0.1) is 0 Å². The third-order valence-electron chi connectivity index (χ3n) is 3.18. The predicted molar refractivity (Wildman–Crippen MR) is 102 cm³/mol. The molecule has 1 aliphatic rings. The molecule has 6 nitrogen and oxygen atoms in total. The van der Waals surface area contributed by atoms with E-state index < -0.39 is 0 Å². The van der Waals surface area contributed by atoms with Gasteiger partial charge in [0.2, 0.25) is 0 Å². The number of guanidine groups is 1. The highest BCUT2D eigenvalue weighted by Gasteiger charge is 2.20. The highest BCUT2D eigenvalue weighted by molar-refractivity contribution is 14.0. The molecule has 1 aromatic rings. The summed E-state index contributed by atoms with van der Waals surface area (Å²) in [5.74, 6) is 2.38. The number of benzene rings is 1. The van der Waals surface area contributed by atoms with Crippen LogP contribution in [0.1, 0.15) is 13.3 Å². The van der Waals surface area contributed by atoms with Crippen molar-refractivity contribution in [2.45, 2.75) is 19.4 Å². The Morgan fingerprint density at radius 2 is 2.09 bits per heavy atom. The lowest BCUT2D eigenvalue weighted by Crippen LogP contribution is -2.40. The van der Waals surface area contributed by atoms with E-state index in [1.165, 1.54) is 0 Å². The van der Waals surface area contributed by atoms with Gasteiger partial charge in [-0.05, 0) is 25.5 Å². The molecule has 130 valence electrons. The molecule has 1 aromatic carbocycles. The standard InChI is InChI=1S/C16H25N3O3.HI/c1-3-17-16(18-9-6-10-20-2)19-11-13-12-21-14-7-4-5-8-15(14)22-13;/h4-5,7-8,13H,3,6,9-12H2,1-2H3,(H2,17,18,19);1H. The van der Waals surface area contributed by atoms with Gasteiger partial charge in [-0.2, -0.15) is 0 Å². The Morgan fingerprint density at radius 3 is 2.83 bits per heavy atom. The van der Waals surface area contributed by atoms with Crippen molar-refractivity contribution >= 4 is 29.9 Å². The van der Waals surface area contributed by atoms with Crippen LogP contribution in [0.3, 0.4) is 0 Å². The Bertz CT molecular complexity index is 485. The highest BCUT2D eigenvalue weighted by Crippen LogP contribution is 2.30. The first-order chi connectivity index (χ1) is 10.8. The fraction of sp³-hybridized carbons (Fsp3) is 0.562. The number of fused-ring (bicyclic) bond motifs is 1. The SMILES string of the molecule is CCNC(=NCC1COc2ccccc2O1)NCCCOC.I. The summed E-state index contributed by atoms with van der Waals surface area (Å²) in [7, 11) is 1.71. The van der Waals surface area contributed by atoms with Crippen LogP contribution < -0.4 is 20.1 Å². The number of nitrogens with one attached hydrogen (secondary N) is 2. The average molecular weight is 435 g/mol. The van der Waals surface area contributed by atoms with Gasteiger partial charge in [0.15, 0.2) is 23.6 Å². The van der Waals surface area contributed by atoms with E-state index in [0.29, 0.717) is 13.2 Å². The monoisotopic (exact) mass is 435 g/mol. The third-order valence-corrected chi connectivity index (χ3v) is 3.18. The Balaban J connectivity index is 0.00000264. The van der Waals surface area contributed by atoms with E-state index in [2.05, 4.69) is 15.6 Å². The Hall–Kier alpha value is -1.22. The number of methoxy groups -OCH3 is 1. The van der Waals surface area contributed by atoms with Crippen molar-refractivity contribution in [2.75, 3.05) is 40.0 Å². The first-order valence-corrected chi connectivity index (χ1v) is 7.73. The number of rotatable bonds is 7. The lowest BCUT2D eigenvalue weighted by molar-refractivity contribution is 0.0971. The number of ether oxygens (including phenoxy) is 3. The number of hydrogen-bond donors (Lipinski definition) is 2. The molecule has 1 unspecified atom stereocenters. The topological polar surface area (TPSA) is 64.1 Å². The van der Waals surface area contributed by atoms with Crippen molar-refractivity contribution < 1.29 is 14.2 Å². The zero-order valence-electron chi connectivity index (χ0n) is 13.7. The maximum atomic E-state index is 5.90. The second kappa shape index (κ2) is 11.3. The molecule has 0 saturated heterocycles. The van der Waals surface area contributed by atoms with Crippen molar-refractivity contribution in [3.8, 4) is 11.5 Å². The largest absolute Gasteiger partial charge is 0.486 e. The van der Waals surface area contributed by atoms with Crippen LogP contribution in [0.25, 0.3) is 0 Å². The molecule has 2 rings (SSSR count). The van der Waals surface area contributed by atoms with E-state index in [4.69, 9.17) is 14.2 Å². The van der Waals surface area contributed by atoms with Crippen LogP contribution in [-0.4, -0.2) is 52.0 Å².